The van der Waals surface area contributed by atoms with E-state index in [4.69, 9.17) is 0 Å². The summed E-state index contributed by atoms with van der Waals surface area (Å²) in [4.78, 5) is 14.7. The molecular weight excluding hydrogens is 262 g/mol. The van der Waals surface area contributed by atoms with Gasteiger partial charge in [-0.25, -0.2) is 4.98 Å². The highest BCUT2D eigenvalue weighted by Gasteiger charge is 2.25. The molecule has 0 radical (unpaired) electrons. The van der Waals surface area contributed by atoms with Crippen LogP contribution < -0.4 is 5.32 Å². The van der Waals surface area contributed by atoms with Gasteiger partial charge in [-0.15, -0.1) is 0 Å². The molecule has 5 nitrogen and oxygen atoms in total. The minimum atomic E-state index is -0.371. The molecule has 0 amide bonds. The summed E-state index contributed by atoms with van der Waals surface area (Å²) >= 11 is 1.83. The van der Waals surface area contributed by atoms with Gasteiger partial charge in [0, 0.05) is 23.1 Å². The Morgan fingerprint density at radius 3 is 2.58 bits per heavy atom. The van der Waals surface area contributed by atoms with Gasteiger partial charge < -0.3 is 5.32 Å². The van der Waals surface area contributed by atoms with Gasteiger partial charge in [0.2, 0.25) is 0 Å². The van der Waals surface area contributed by atoms with Crippen molar-refractivity contribution in [1.82, 2.24) is 4.98 Å². The van der Waals surface area contributed by atoms with Crippen LogP contribution >= 0.6 is 11.8 Å². The van der Waals surface area contributed by atoms with Crippen LogP contribution in [-0.2, 0) is 0 Å². The van der Waals surface area contributed by atoms with Crippen LogP contribution in [0.5, 0.6) is 0 Å². The van der Waals surface area contributed by atoms with Crippen molar-refractivity contribution in [1.29, 1.82) is 0 Å². The molecule has 0 aliphatic carbocycles. The zero-order chi connectivity index (χ0) is 14.5. The van der Waals surface area contributed by atoms with Crippen LogP contribution in [0.4, 0.5) is 11.5 Å². The lowest BCUT2D eigenvalue weighted by atomic mass is 10.0. The Hall–Kier alpha value is -1.30. The van der Waals surface area contributed by atoms with Gasteiger partial charge in [-0.3, -0.25) is 10.1 Å². The highest BCUT2D eigenvalue weighted by Crippen LogP contribution is 2.31. The Labute approximate surface area is 118 Å². The van der Waals surface area contributed by atoms with E-state index in [1.54, 1.807) is 13.1 Å². The largest absolute Gasteiger partial charge is 0.368 e. The van der Waals surface area contributed by atoms with Crippen molar-refractivity contribution in [2.75, 3.05) is 18.1 Å². The number of nitro groups is 1. The smallest absolute Gasteiger partial charge is 0.277 e. The zero-order valence-corrected chi connectivity index (χ0v) is 12.7. The molecule has 19 heavy (non-hydrogen) atoms. The quantitative estimate of drug-likeness (QED) is 0.611. The van der Waals surface area contributed by atoms with Crippen molar-refractivity contribution in [2.45, 2.75) is 38.4 Å². The fourth-order valence-electron chi connectivity index (χ4n) is 1.92. The van der Waals surface area contributed by atoms with E-state index in [1.165, 1.54) is 6.07 Å². The molecule has 0 aliphatic rings. The summed E-state index contributed by atoms with van der Waals surface area (Å²) in [7, 11) is 0. The van der Waals surface area contributed by atoms with Crippen LogP contribution in [0.3, 0.4) is 0 Å². The number of nitrogens with zero attached hydrogens (tertiary/aromatic N) is 2. The van der Waals surface area contributed by atoms with Crippen molar-refractivity contribution < 1.29 is 4.92 Å². The minimum absolute atomic E-state index is 0.111. The van der Waals surface area contributed by atoms with Crippen molar-refractivity contribution >= 4 is 23.3 Å². The monoisotopic (exact) mass is 283 g/mol. The number of anilines is 1. The molecule has 0 fully saturated rings. The molecule has 1 aromatic rings. The number of aryl methyl sites for hydroxylation is 1. The first-order valence-electron chi connectivity index (χ1n) is 6.38. The fraction of sp³-hybridized carbons (Fsp3) is 0.615. The van der Waals surface area contributed by atoms with Gasteiger partial charge in [0.1, 0.15) is 5.82 Å². The molecule has 0 aromatic carbocycles. The van der Waals surface area contributed by atoms with Crippen LogP contribution in [0.2, 0.25) is 0 Å². The third kappa shape index (κ3) is 3.83. The molecule has 0 aliphatic heterocycles. The van der Waals surface area contributed by atoms with Crippen LogP contribution in [-0.4, -0.2) is 27.5 Å². The van der Waals surface area contributed by atoms with E-state index in [9.17, 15) is 10.1 Å². The average molecular weight is 283 g/mol. The Balaban J connectivity index is 2.83. The van der Waals surface area contributed by atoms with E-state index < -0.39 is 0 Å². The first kappa shape index (κ1) is 15.8. The van der Waals surface area contributed by atoms with Gasteiger partial charge in [-0.05, 0) is 26.0 Å². The van der Waals surface area contributed by atoms with Crippen molar-refractivity contribution in [3.05, 3.63) is 27.9 Å². The summed E-state index contributed by atoms with van der Waals surface area (Å²) in [5, 5.41) is 14.1. The molecule has 0 atom stereocenters. The third-order valence-electron chi connectivity index (χ3n) is 3.58. The number of aromatic nitrogens is 1. The second-order valence-corrected chi connectivity index (χ2v) is 5.84. The standard InChI is InChI=1S/C13H21N3O2S/c1-5-13(6-2,19-4)9-15-12-7-11(16(17)18)10(3)8-14-12/h7-8H,5-6,9H2,1-4H3,(H,14,15). The van der Waals surface area contributed by atoms with Gasteiger partial charge in [-0.1, -0.05) is 13.8 Å². The molecular formula is C13H21N3O2S. The second-order valence-electron chi connectivity index (χ2n) is 4.56. The molecule has 6 heteroatoms. The Morgan fingerprint density at radius 2 is 2.11 bits per heavy atom. The van der Waals surface area contributed by atoms with E-state index in [1.807, 2.05) is 11.8 Å². The first-order valence-corrected chi connectivity index (χ1v) is 7.60. The predicted molar refractivity (Wildman–Crippen MR) is 80.9 cm³/mol. The summed E-state index contributed by atoms with van der Waals surface area (Å²) in [6, 6.07) is 1.51. The third-order valence-corrected chi connectivity index (χ3v) is 5.17. The number of thioether (sulfide) groups is 1. The first-order chi connectivity index (χ1) is 8.98. The van der Waals surface area contributed by atoms with E-state index in [-0.39, 0.29) is 15.4 Å². The Morgan fingerprint density at radius 1 is 1.47 bits per heavy atom. The Bertz CT molecular complexity index is 439. The molecule has 106 valence electrons. The summed E-state index contributed by atoms with van der Waals surface area (Å²) < 4.78 is 0.154. The molecule has 1 N–H and O–H groups in total. The SMILES string of the molecule is CCC(CC)(CNc1cc([N+](=O)[O-])c(C)cn1)SC. The molecule has 1 heterocycles. The topological polar surface area (TPSA) is 68.1 Å². The molecule has 1 aromatic heterocycles. The van der Waals surface area contributed by atoms with E-state index in [0.717, 1.165) is 19.4 Å². The summed E-state index contributed by atoms with van der Waals surface area (Å²) in [6.45, 7) is 6.77. The zero-order valence-electron chi connectivity index (χ0n) is 11.9. The molecule has 1 rings (SSSR count). The Kier molecular flexibility index (Phi) is 5.60. The highest BCUT2D eigenvalue weighted by molar-refractivity contribution is 8.00. The lowest BCUT2D eigenvalue weighted by Crippen LogP contribution is -2.32. The molecule has 0 saturated carbocycles. The number of hydrogen-bond acceptors (Lipinski definition) is 5. The maximum absolute atomic E-state index is 10.9. The predicted octanol–water partition coefficient (Wildman–Crippen LogP) is 3.63. The molecule has 0 unspecified atom stereocenters. The maximum Gasteiger partial charge on any atom is 0.277 e. The van der Waals surface area contributed by atoms with Gasteiger partial charge in [0.05, 0.1) is 11.0 Å². The summed E-state index contributed by atoms with van der Waals surface area (Å²) in [5.74, 6) is 0.567. The van der Waals surface area contributed by atoms with E-state index in [2.05, 4.69) is 30.4 Å². The van der Waals surface area contributed by atoms with Crippen molar-refractivity contribution in [3.63, 3.8) is 0 Å². The average Bonchev–Trinajstić information content (AvgIpc) is 2.42. The van der Waals surface area contributed by atoms with E-state index >= 15 is 0 Å². The van der Waals surface area contributed by atoms with Crippen LogP contribution in [0.1, 0.15) is 32.3 Å². The van der Waals surface area contributed by atoms with Gasteiger partial charge in [-0.2, -0.15) is 11.8 Å². The molecule has 0 bridgehead atoms. The summed E-state index contributed by atoms with van der Waals surface area (Å²) in [6.07, 6.45) is 5.73. The molecule has 0 spiro atoms. The lowest BCUT2D eigenvalue weighted by Gasteiger charge is -2.30. The van der Waals surface area contributed by atoms with Crippen molar-refractivity contribution in [3.8, 4) is 0 Å². The highest BCUT2D eigenvalue weighted by atomic mass is 32.2. The van der Waals surface area contributed by atoms with Gasteiger partial charge >= 0.3 is 0 Å². The second kappa shape index (κ2) is 6.75. The number of pyridine rings is 1. The summed E-state index contributed by atoms with van der Waals surface area (Å²) in [5.41, 5.74) is 0.693. The van der Waals surface area contributed by atoms with Crippen molar-refractivity contribution in [2.24, 2.45) is 0 Å². The van der Waals surface area contributed by atoms with Crippen LogP contribution in [0.15, 0.2) is 12.3 Å². The molecule has 0 saturated heterocycles. The minimum Gasteiger partial charge on any atom is -0.368 e. The number of hydrogen-bond donors (Lipinski definition) is 1. The normalized spacial score (nSPS) is 11.4. The van der Waals surface area contributed by atoms with Gasteiger partial charge in [0.25, 0.3) is 5.69 Å². The van der Waals surface area contributed by atoms with Gasteiger partial charge in [0.15, 0.2) is 0 Å². The van der Waals surface area contributed by atoms with Crippen LogP contribution in [0, 0.1) is 17.0 Å². The number of nitrogens with one attached hydrogen (secondary N) is 1. The lowest BCUT2D eigenvalue weighted by molar-refractivity contribution is -0.385. The number of rotatable bonds is 7. The van der Waals surface area contributed by atoms with E-state index in [0.29, 0.717) is 11.4 Å². The van der Waals surface area contributed by atoms with Crippen LogP contribution in [0.25, 0.3) is 0 Å². The maximum atomic E-state index is 10.9. The fourth-order valence-corrected chi connectivity index (χ4v) is 2.71.